The molecular formula is C26H36N4O2. The van der Waals surface area contributed by atoms with E-state index >= 15 is 0 Å². The van der Waals surface area contributed by atoms with Crippen molar-refractivity contribution >= 4 is 28.5 Å². The van der Waals surface area contributed by atoms with Crippen molar-refractivity contribution in [3.8, 4) is 0 Å². The monoisotopic (exact) mass is 436 g/mol. The highest BCUT2D eigenvalue weighted by Gasteiger charge is 2.36. The third-order valence-electron chi connectivity index (χ3n) is 7.00. The lowest BCUT2D eigenvalue weighted by Gasteiger charge is -2.36. The largest absolute Gasteiger partial charge is 0.353 e. The van der Waals surface area contributed by atoms with Gasteiger partial charge in [-0.15, -0.1) is 0 Å². The molecule has 6 nitrogen and oxygen atoms in total. The van der Waals surface area contributed by atoms with Gasteiger partial charge in [-0.1, -0.05) is 26.0 Å². The summed E-state index contributed by atoms with van der Waals surface area (Å²) in [6, 6.07) is 8.96. The molecule has 2 aromatic rings. The molecule has 0 radical (unpaired) electrons. The van der Waals surface area contributed by atoms with Gasteiger partial charge in [-0.25, -0.2) is 4.98 Å². The number of aryl methyl sites for hydroxylation is 1. The molecule has 1 aromatic heterocycles. The van der Waals surface area contributed by atoms with E-state index in [9.17, 15) is 9.59 Å². The van der Waals surface area contributed by atoms with Gasteiger partial charge in [0.15, 0.2) is 0 Å². The van der Waals surface area contributed by atoms with E-state index in [4.69, 9.17) is 4.98 Å². The number of pyridine rings is 1. The second kappa shape index (κ2) is 9.47. The maximum absolute atomic E-state index is 13.4. The summed E-state index contributed by atoms with van der Waals surface area (Å²) in [7, 11) is 0. The summed E-state index contributed by atoms with van der Waals surface area (Å²) in [5.41, 5.74) is 3.29. The number of nitrogens with zero attached hydrogens (tertiary/aromatic N) is 4. The molecule has 0 N–H and O–H groups in total. The zero-order chi connectivity index (χ0) is 22.8. The molecule has 0 atom stereocenters. The Labute approximate surface area is 191 Å². The molecule has 1 aliphatic heterocycles. The van der Waals surface area contributed by atoms with Crippen LogP contribution in [0.1, 0.15) is 57.6 Å². The summed E-state index contributed by atoms with van der Waals surface area (Å²) in [6.07, 6.45) is 3.96. The first-order chi connectivity index (χ1) is 15.4. The molecule has 0 spiro atoms. The summed E-state index contributed by atoms with van der Waals surface area (Å²) in [5.74, 6) is 1.47. The predicted molar refractivity (Wildman–Crippen MR) is 129 cm³/mol. The lowest BCUT2D eigenvalue weighted by atomic mass is 10.0. The first-order valence-electron chi connectivity index (χ1n) is 12.1. The lowest BCUT2D eigenvalue weighted by Crippen LogP contribution is -2.48. The molecule has 2 heterocycles. The number of anilines is 1. The SMILES string of the molecule is CCC(CC)C(=O)N(Cc1cc2ccc(C)cc2nc1N1CCN(C(C)=O)CC1)C1CC1. The fourth-order valence-electron chi connectivity index (χ4n) is 4.76. The maximum Gasteiger partial charge on any atom is 0.226 e. The summed E-state index contributed by atoms with van der Waals surface area (Å²) >= 11 is 0. The quantitative estimate of drug-likeness (QED) is 0.655. The van der Waals surface area contributed by atoms with E-state index in [1.54, 1.807) is 6.92 Å². The lowest BCUT2D eigenvalue weighted by molar-refractivity contribution is -0.137. The molecule has 0 unspecified atom stereocenters. The van der Waals surface area contributed by atoms with E-state index < -0.39 is 0 Å². The van der Waals surface area contributed by atoms with Crippen LogP contribution in [-0.2, 0) is 16.1 Å². The van der Waals surface area contributed by atoms with Crippen molar-refractivity contribution < 1.29 is 9.59 Å². The number of hydrogen-bond donors (Lipinski definition) is 0. The van der Waals surface area contributed by atoms with E-state index in [0.29, 0.717) is 25.7 Å². The van der Waals surface area contributed by atoms with Crippen LogP contribution < -0.4 is 4.90 Å². The molecule has 1 aromatic carbocycles. The Morgan fingerprint density at radius 1 is 1.09 bits per heavy atom. The number of rotatable bonds is 7. The van der Waals surface area contributed by atoms with Crippen LogP contribution in [-0.4, -0.2) is 58.8 Å². The standard InChI is InChI=1S/C26H36N4O2/c1-5-20(6-2)26(32)30(23-9-10-23)17-22-16-21-8-7-18(3)15-24(21)27-25(22)29-13-11-28(12-14-29)19(4)31/h7-8,15-16,20,23H,5-6,9-14,17H2,1-4H3. The molecule has 32 heavy (non-hydrogen) atoms. The highest BCUT2D eigenvalue weighted by atomic mass is 16.2. The van der Waals surface area contributed by atoms with Gasteiger partial charge in [0.1, 0.15) is 5.82 Å². The summed E-state index contributed by atoms with van der Waals surface area (Å²) in [6.45, 7) is 11.5. The smallest absolute Gasteiger partial charge is 0.226 e. The van der Waals surface area contributed by atoms with Gasteiger partial charge < -0.3 is 14.7 Å². The third kappa shape index (κ3) is 4.74. The molecule has 0 bridgehead atoms. The van der Waals surface area contributed by atoms with Gasteiger partial charge in [-0.3, -0.25) is 9.59 Å². The van der Waals surface area contributed by atoms with Crippen LogP contribution in [0, 0.1) is 12.8 Å². The van der Waals surface area contributed by atoms with Crippen molar-refractivity contribution in [1.29, 1.82) is 0 Å². The van der Waals surface area contributed by atoms with Crippen LogP contribution in [0.3, 0.4) is 0 Å². The first-order valence-corrected chi connectivity index (χ1v) is 12.1. The molecule has 172 valence electrons. The van der Waals surface area contributed by atoms with Crippen molar-refractivity contribution in [2.75, 3.05) is 31.1 Å². The highest BCUT2D eigenvalue weighted by Crippen LogP contribution is 2.34. The van der Waals surface area contributed by atoms with Crippen molar-refractivity contribution in [2.45, 2.75) is 66.0 Å². The minimum Gasteiger partial charge on any atom is -0.353 e. The van der Waals surface area contributed by atoms with Gasteiger partial charge in [0.25, 0.3) is 0 Å². The third-order valence-corrected chi connectivity index (χ3v) is 7.00. The number of fused-ring (bicyclic) bond motifs is 1. The normalized spacial score (nSPS) is 16.7. The van der Waals surface area contributed by atoms with Crippen LogP contribution >= 0.6 is 0 Å². The van der Waals surface area contributed by atoms with Crippen LogP contribution in [0.4, 0.5) is 5.82 Å². The summed E-state index contributed by atoms with van der Waals surface area (Å²) in [4.78, 5) is 36.5. The number of amides is 2. The number of carbonyl (C=O) groups excluding carboxylic acids is 2. The molecule has 2 aliphatic rings. The number of hydrogen-bond acceptors (Lipinski definition) is 4. The maximum atomic E-state index is 13.4. The summed E-state index contributed by atoms with van der Waals surface area (Å²) < 4.78 is 0. The van der Waals surface area contributed by atoms with Gasteiger partial charge in [-0.05, 0) is 50.3 Å². The Morgan fingerprint density at radius 2 is 1.78 bits per heavy atom. The zero-order valence-corrected chi connectivity index (χ0v) is 19.9. The van der Waals surface area contributed by atoms with E-state index in [1.807, 2.05) is 4.90 Å². The molecular weight excluding hydrogens is 400 g/mol. The van der Waals surface area contributed by atoms with E-state index in [-0.39, 0.29) is 17.7 Å². The average Bonchev–Trinajstić information content (AvgIpc) is 3.63. The minimum atomic E-state index is 0.0919. The van der Waals surface area contributed by atoms with Gasteiger partial charge in [0.05, 0.1) is 5.52 Å². The fourth-order valence-corrected chi connectivity index (χ4v) is 4.76. The number of carbonyl (C=O) groups is 2. The van der Waals surface area contributed by atoms with Gasteiger partial charge in [0, 0.05) is 62.6 Å². The zero-order valence-electron chi connectivity index (χ0n) is 19.9. The van der Waals surface area contributed by atoms with Crippen molar-refractivity contribution in [3.63, 3.8) is 0 Å². The van der Waals surface area contributed by atoms with Gasteiger partial charge in [-0.2, -0.15) is 0 Å². The van der Waals surface area contributed by atoms with Gasteiger partial charge in [0.2, 0.25) is 11.8 Å². The first kappa shape index (κ1) is 22.6. The molecule has 2 amide bonds. The van der Waals surface area contributed by atoms with Crippen molar-refractivity contribution in [2.24, 2.45) is 5.92 Å². The molecule has 6 heteroatoms. The summed E-state index contributed by atoms with van der Waals surface area (Å²) in [5, 5.41) is 1.11. The van der Waals surface area contributed by atoms with E-state index in [1.165, 1.54) is 5.56 Å². The van der Waals surface area contributed by atoms with Gasteiger partial charge >= 0.3 is 0 Å². The fraction of sp³-hybridized carbons (Fsp3) is 0.577. The van der Waals surface area contributed by atoms with Crippen molar-refractivity contribution in [1.82, 2.24) is 14.8 Å². The molecule has 1 saturated heterocycles. The molecule has 4 rings (SSSR count). The topological polar surface area (TPSA) is 56.8 Å². The van der Waals surface area contributed by atoms with Crippen LogP contribution in [0.15, 0.2) is 24.3 Å². The highest BCUT2D eigenvalue weighted by molar-refractivity contribution is 5.84. The Balaban J connectivity index is 1.68. The second-order valence-corrected chi connectivity index (χ2v) is 9.37. The number of aromatic nitrogens is 1. The molecule has 1 saturated carbocycles. The minimum absolute atomic E-state index is 0.0919. The Morgan fingerprint density at radius 3 is 2.38 bits per heavy atom. The average molecular weight is 437 g/mol. The van der Waals surface area contributed by atoms with Crippen LogP contribution in [0.25, 0.3) is 10.9 Å². The van der Waals surface area contributed by atoms with Crippen LogP contribution in [0.5, 0.6) is 0 Å². The van der Waals surface area contributed by atoms with Crippen molar-refractivity contribution in [3.05, 3.63) is 35.4 Å². The van der Waals surface area contributed by atoms with E-state index in [2.05, 4.69) is 54.8 Å². The van der Waals surface area contributed by atoms with E-state index in [0.717, 1.165) is 61.1 Å². The number of benzene rings is 1. The van der Waals surface area contributed by atoms with Crippen LogP contribution in [0.2, 0.25) is 0 Å². The Kier molecular flexibility index (Phi) is 6.68. The molecule has 2 fully saturated rings. The Bertz CT molecular complexity index is 989. The molecule has 1 aliphatic carbocycles. The predicted octanol–water partition coefficient (Wildman–Crippen LogP) is 4.14. The Hall–Kier alpha value is -2.63. The second-order valence-electron chi connectivity index (χ2n) is 9.37. The number of piperazine rings is 1.